The van der Waals surface area contributed by atoms with Crippen molar-refractivity contribution in [3.05, 3.63) is 24.0 Å². The van der Waals surface area contributed by atoms with Gasteiger partial charge in [0.1, 0.15) is 0 Å². The molecule has 1 unspecified atom stereocenters. The molecule has 0 aromatic carbocycles. The molecule has 0 aliphatic rings. The minimum absolute atomic E-state index is 0.0864. The van der Waals surface area contributed by atoms with Crippen LogP contribution in [-0.4, -0.2) is 48.6 Å². The number of aliphatic hydroxyl groups is 2. The number of pyridine rings is 1. The third-order valence-electron chi connectivity index (χ3n) is 2.80. The largest absolute Gasteiger partial charge is 0.395 e. The van der Waals surface area contributed by atoms with E-state index in [0.717, 1.165) is 5.69 Å². The Hall–Kier alpha value is -1.17. The number of aliphatic hydroxyl groups excluding tert-OH is 2. The van der Waals surface area contributed by atoms with Gasteiger partial charge >= 0.3 is 0 Å². The molecule has 5 nitrogen and oxygen atoms in total. The first kappa shape index (κ1) is 14.9. The molecule has 1 heterocycles. The average molecular weight is 254 g/mol. The second-order valence-corrected chi connectivity index (χ2v) is 4.07. The summed E-state index contributed by atoms with van der Waals surface area (Å²) in [4.78, 5) is 6.25. The van der Waals surface area contributed by atoms with Crippen LogP contribution < -0.4 is 4.90 Å². The molecule has 2 N–H and O–H groups in total. The van der Waals surface area contributed by atoms with Crippen LogP contribution in [0.25, 0.3) is 0 Å². The van der Waals surface area contributed by atoms with Crippen molar-refractivity contribution in [3.63, 3.8) is 0 Å². The van der Waals surface area contributed by atoms with Crippen LogP contribution in [0.4, 0.5) is 5.69 Å². The SMILES string of the molecule is CCC(O)c1ccc(N(CCO)CCOC)cn1. The van der Waals surface area contributed by atoms with Crippen molar-refractivity contribution in [2.24, 2.45) is 0 Å². The minimum Gasteiger partial charge on any atom is -0.395 e. The predicted molar refractivity (Wildman–Crippen MR) is 70.7 cm³/mol. The van der Waals surface area contributed by atoms with E-state index in [9.17, 15) is 5.11 Å². The maximum absolute atomic E-state index is 9.67. The van der Waals surface area contributed by atoms with E-state index < -0.39 is 6.10 Å². The van der Waals surface area contributed by atoms with Gasteiger partial charge in [0.2, 0.25) is 0 Å². The molecule has 102 valence electrons. The number of rotatable bonds is 8. The fourth-order valence-electron chi connectivity index (χ4n) is 1.68. The van der Waals surface area contributed by atoms with Crippen molar-refractivity contribution in [1.29, 1.82) is 0 Å². The molecular formula is C13H22N2O3. The molecule has 1 atom stereocenters. The van der Waals surface area contributed by atoms with Gasteiger partial charge in [-0.2, -0.15) is 0 Å². The monoisotopic (exact) mass is 254 g/mol. The zero-order valence-electron chi connectivity index (χ0n) is 11.0. The van der Waals surface area contributed by atoms with Crippen LogP contribution in [-0.2, 0) is 4.74 Å². The highest BCUT2D eigenvalue weighted by Crippen LogP contribution is 2.18. The van der Waals surface area contributed by atoms with Gasteiger partial charge in [-0.25, -0.2) is 0 Å². The van der Waals surface area contributed by atoms with Crippen molar-refractivity contribution < 1.29 is 14.9 Å². The zero-order chi connectivity index (χ0) is 13.4. The lowest BCUT2D eigenvalue weighted by molar-refractivity contribution is 0.169. The van der Waals surface area contributed by atoms with E-state index in [2.05, 4.69) is 4.98 Å². The minimum atomic E-state index is -0.510. The van der Waals surface area contributed by atoms with Gasteiger partial charge in [-0.05, 0) is 18.6 Å². The van der Waals surface area contributed by atoms with E-state index in [-0.39, 0.29) is 6.61 Å². The Labute approximate surface area is 108 Å². The van der Waals surface area contributed by atoms with Gasteiger partial charge in [0, 0.05) is 20.2 Å². The molecule has 1 aromatic rings. The van der Waals surface area contributed by atoms with Gasteiger partial charge in [-0.15, -0.1) is 0 Å². The van der Waals surface area contributed by atoms with E-state index in [1.165, 1.54) is 0 Å². The summed E-state index contributed by atoms with van der Waals surface area (Å²) in [5.74, 6) is 0. The van der Waals surface area contributed by atoms with Crippen molar-refractivity contribution in [1.82, 2.24) is 4.98 Å². The fraction of sp³-hybridized carbons (Fsp3) is 0.615. The highest BCUT2D eigenvalue weighted by atomic mass is 16.5. The number of methoxy groups -OCH3 is 1. The van der Waals surface area contributed by atoms with Crippen molar-refractivity contribution in [3.8, 4) is 0 Å². The molecule has 0 bridgehead atoms. The number of ether oxygens (including phenoxy) is 1. The Morgan fingerprint density at radius 1 is 1.39 bits per heavy atom. The number of nitrogens with zero attached hydrogens (tertiary/aromatic N) is 2. The van der Waals surface area contributed by atoms with Crippen LogP contribution in [0, 0.1) is 0 Å². The molecule has 0 amide bonds. The normalized spacial score (nSPS) is 12.4. The average Bonchev–Trinajstić information content (AvgIpc) is 2.43. The highest BCUT2D eigenvalue weighted by molar-refractivity contribution is 5.44. The summed E-state index contributed by atoms with van der Waals surface area (Å²) in [7, 11) is 1.65. The standard InChI is InChI=1S/C13H22N2O3/c1-3-13(17)12-5-4-11(10-14-12)15(6-8-16)7-9-18-2/h4-5,10,13,16-17H,3,6-9H2,1-2H3. The molecule has 0 aliphatic carbocycles. The van der Waals surface area contributed by atoms with Crippen LogP contribution in [0.5, 0.6) is 0 Å². The molecule has 0 radical (unpaired) electrons. The number of anilines is 1. The Kier molecular flexibility index (Phi) is 6.64. The number of hydrogen-bond donors (Lipinski definition) is 2. The van der Waals surface area contributed by atoms with E-state index in [0.29, 0.717) is 31.8 Å². The second kappa shape index (κ2) is 8.02. The Morgan fingerprint density at radius 2 is 2.17 bits per heavy atom. The maximum atomic E-state index is 9.67. The summed E-state index contributed by atoms with van der Waals surface area (Å²) < 4.78 is 5.04. The quantitative estimate of drug-likeness (QED) is 0.723. The van der Waals surface area contributed by atoms with Crippen molar-refractivity contribution >= 4 is 5.69 Å². The van der Waals surface area contributed by atoms with Crippen LogP contribution >= 0.6 is 0 Å². The van der Waals surface area contributed by atoms with Gasteiger partial charge < -0.3 is 19.8 Å². The highest BCUT2D eigenvalue weighted by Gasteiger charge is 2.09. The molecule has 0 fully saturated rings. The summed E-state index contributed by atoms with van der Waals surface area (Å²) in [6.45, 7) is 3.84. The van der Waals surface area contributed by atoms with Crippen LogP contribution in [0.15, 0.2) is 18.3 Å². The molecule has 0 spiro atoms. The lowest BCUT2D eigenvalue weighted by Crippen LogP contribution is -2.30. The smallest absolute Gasteiger partial charge is 0.0957 e. The van der Waals surface area contributed by atoms with E-state index in [4.69, 9.17) is 9.84 Å². The summed E-state index contributed by atoms with van der Waals surface area (Å²) in [6.07, 6.45) is 1.86. The van der Waals surface area contributed by atoms with E-state index in [1.807, 2.05) is 24.0 Å². The maximum Gasteiger partial charge on any atom is 0.0957 e. The number of hydrogen-bond acceptors (Lipinski definition) is 5. The fourth-order valence-corrected chi connectivity index (χ4v) is 1.68. The third-order valence-corrected chi connectivity index (χ3v) is 2.80. The molecular weight excluding hydrogens is 232 g/mol. The van der Waals surface area contributed by atoms with Gasteiger partial charge in [-0.3, -0.25) is 4.98 Å². The lowest BCUT2D eigenvalue weighted by atomic mass is 10.2. The molecule has 0 saturated carbocycles. The van der Waals surface area contributed by atoms with Gasteiger partial charge in [-0.1, -0.05) is 6.92 Å². The summed E-state index contributed by atoms with van der Waals surface area (Å²) in [5, 5.41) is 18.7. The first-order valence-corrected chi connectivity index (χ1v) is 6.21. The summed E-state index contributed by atoms with van der Waals surface area (Å²) >= 11 is 0. The van der Waals surface area contributed by atoms with Gasteiger partial charge in [0.05, 0.1) is 36.9 Å². The van der Waals surface area contributed by atoms with Gasteiger partial charge in [0.15, 0.2) is 0 Å². The lowest BCUT2D eigenvalue weighted by Gasteiger charge is -2.23. The first-order chi connectivity index (χ1) is 8.72. The third kappa shape index (κ3) is 4.25. The Morgan fingerprint density at radius 3 is 2.67 bits per heavy atom. The summed E-state index contributed by atoms with van der Waals surface area (Å²) in [6, 6.07) is 3.73. The van der Waals surface area contributed by atoms with Crippen molar-refractivity contribution in [2.45, 2.75) is 19.4 Å². The molecule has 5 heteroatoms. The Balaban J connectivity index is 2.73. The Bertz CT molecular complexity index is 330. The van der Waals surface area contributed by atoms with Gasteiger partial charge in [0.25, 0.3) is 0 Å². The van der Waals surface area contributed by atoms with E-state index in [1.54, 1.807) is 13.3 Å². The van der Waals surface area contributed by atoms with Crippen LogP contribution in [0.2, 0.25) is 0 Å². The number of aromatic nitrogens is 1. The molecule has 1 aromatic heterocycles. The van der Waals surface area contributed by atoms with Crippen molar-refractivity contribution in [2.75, 3.05) is 38.3 Å². The molecule has 0 saturated heterocycles. The zero-order valence-corrected chi connectivity index (χ0v) is 11.0. The summed E-state index contributed by atoms with van der Waals surface area (Å²) in [5.41, 5.74) is 1.60. The molecule has 0 aliphatic heterocycles. The van der Waals surface area contributed by atoms with Crippen LogP contribution in [0.3, 0.4) is 0 Å². The second-order valence-electron chi connectivity index (χ2n) is 4.07. The molecule has 18 heavy (non-hydrogen) atoms. The predicted octanol–water partition coefficient (Wildman–Crippen LogP) is 0.970. The molecule has 1 rings (SSSR count). The topological polar surface area (TPSA) is 65.8 Å². The van der Waals surface area contributed by atoms with E-state index >= 15 is 0 Å². The van der Waals surface area contributed by atoms with Crippen LogP contribution in [0.1, 0.15) is 25.1 Å². The first-order valence-electron chi connectivity index (χ1n) is 6.21.